The number of rotatable bonds is 6. The van der Waals surface area contributed by atoms with E-state index in [-0.39, 0.29) is 30.0 Å². The number of hydrogen-bond donors (Lipinski definition) is 1. The Kier molecular flexibility index (Phi) is 7.02. The summed E-state index contributed by atoms with van der Waals surface area (Å²) < 4.78 is 13.2. The monoisotopic (exact) mass is 372 g/mol. The molecule has 27 heavy (non-hydrogen) atoms. The van der Waals surface area contributed by atoms with Crippen molar-refractivity contribution >= 4 is 11.8 Å². The van der Waals surface area contributed by atoms with Crippen LogP contribution in [0.4, 0.5) is 4.39 Å². The molecule has 1 aliphatic heterocycles. The van der Waals surface area contributed by atoms with Crippen molar-refractivity contribution in [2.45, 2.75) is 51.4 Å². The molecule has 1 heterocycles. The first kappa shape index (κ1) is 19.6. The standard InChI is InChI=1S/C22H29FN2O2/c23-20-8-4-7-18(15-20)16-21(26)25-13-10-19(11-14-25)22(27)24-12-9-17-5-2-1-3-6-17/h4-5,7-8,15,19H,1-3,6,9-14,16H2,(H,24,27). The highest BCUT2D eigenvalue weighted by molar-refractivity contribution is 5.81. The van der Waals surface area contributed by atoms with E-state index in [1.165, 1.54) is 43.4 Å². The Hall–Kier alpha value is -2.17. The van der Waals surface area contributed by atoms with Gasteiger partial charge in [-0.25, -0.2) is 4.39 Å². The number of piperidine rings is 1. The van der Waals surface area contributed by atoms with E-state index in [9.17, 15) is 14.0 Å². The van der Waals surface area contributed by atoms with Gasteiger partial charge in [0.1, 0.15) is 5.82 Å². The molecule has 4 nitrogen and oxygen atoms in total. The van der Waals surface area contributed by atoms with Crippen molar-refractivity contribution in [3.63, 3.8) is 0 Å². The van der Waals surface area contributed by atoms with Crippen molar-refractivity contribution in [3.05, 3.63) is 47.3 Å². The van der Waals surface area contributed by atoms with Crippen LogP contribution in [0.25, 0.3) is 0 Å². The number of carbonyl (C=O) groups is 2. The fraction of sp³-hybridized carbons (Fsp3) is 0.545. The first-order chi connectivity index (χ1) is 13.1. The predicted octanol–water partition coefficient (Wildman–Crippen LogP) is 3.61. The lowest BCUT2D eigenvalue weighted by Crippen LogP contribution is -2.43. The molecular weight excluding hydrogens is 343 g/mol. The summed E-state index contributed by atoms with van der Waals surface area (Å²) in [5.74, 6) is -0.212. The molecule has 1 saturated heterocycles. The molecule has 0 unspecified atom stereocenters. The zero-order valence-electron chi connectivity index (χ0n) is 15.9. The van der Waals surface area contributed by atoms with Gasteiger partial charge in [0, 0.05) is 25.6 Å². The molecule has 1 aromatic carbocycles. The van der Waals surface area contributed by atoms with Gasteiger partial charge in [0.05, 0.1) is 6.42 Å². The van der Waals surface area contributed by atoms with Crippen LogP contribution in [-0.4, -0.2) is 36.3 Å². The van der Waals surface area contributed by atoms with Crippen LogP contribution in [0.5, 0.6) is 0 Å². The van der Waals surface area contributed by atoms with E-state index in [1.807, 2.05) is 0 Å². The number of allylic oxidation sites excluding steroid dienone is 1. The normalized spacial score (nSPS) is 18.1. The lowest BCUT2D eigenvalue weighted by Gasteiger charge is -2.31. The van der Waals surface area contributed by atoms with Gasteiger partial charge < -0.3 is 10.2 Å². The third-order valence-corrected chi connectivity index (χ3v) is 5.59. The molecule has 0 bridgehead atoms. The van der Waals surface area contributed by atoms with Gasteiger partial charge in [-0.2, -0.15) is 0 Å². The number of amides is 2. The van der Waals surface area contributed by atoms with Gasteiger partial charge >= 0.3 is 0 Å². The van der Waals surface area contributed by atoms with E-state index in [4.69, 9.17) is 0 Å². The molecule has 1 aliphatic carbocycles. The largest absolute Gasteiger partial charge is 0.356 e. The molecule has 5 heteroatoms. The minimum absolute atomic E-state index is 0.00342. The Labute approximate surface area is 160 Å². The van der Waals surface area contributed by atoms with Crippen molar-refractivity contribution in [3.8, 4) is 0 Å². The second-order valence-electron chi connectivity index (χ2n) is 7.61. The van der Waals surface area contributed by atoms with E-state index < -0.39 is 0 Å². The Morgan fingerprint density at radius 2 is 2.00 bits per heavy atom. The molecule has 0 aromatic heterocycles. The molecule has 0 saturated carbocycles. The molecular formula is C22H29FN2O2. The number of nitrogens with one attached hydrogen (secondary N) is 1. The lowest BCUT2D eigenvalue weighted by atomic mass is 9.94. The number of halogens is 1. The summed E-state index contributed by atoms with van der Waals surface area (Å²) >= 11 is 0. The fourth-order valence-electron chi connectivity index (χ4n) is 3.95. The molecule has 1 fully saturated rings. The molecule has 1 N–H and O–H groups in total. The quantitative estimate of drug-likeness (QED) is 0.776. The van der Waals surface area contributed by atoms with E-state index in [0.29, 0.717) is 38.0 Å². The predicted molar refractivity (Wildman–Crippen MR) is 104 cm³/mol. The first-order valence-electron chi connectivity index (χ1n) is 10.1. The maximum Gasteiger partial charge on any atom is 0.226 e. The highest BCUT2D eigenvalue weighted by atomic mass is 19.1. The van der Waals surface area contributed by atoms with Gasteiger partial charge in [-0.3, -0.25) is 9.59 Å². The summed E-state index contributed by atoms with van der Waals surface area (Å²) in [4.78, 5) is 26.6. The SMILES string of the molecule is O=C(NCCC1=CCCCC1)C1CCN(C(=O)Cc2cccc(F)c2)CC1. The molecule has 3 rings (SSSR count). The summed E-state index contributed by atoms with van der Waals surface area (Å²) in [6.07, 6.45) is 9.77. The van der Waals surface area contributed by atoms with Gasteiger partial charge in [-0.05, 0) is 62.6 Å². The summed E-state index contributed by atoms with van der Waals surface area (Å²) in [6.45, 7) is 1.90. The van der Waals surface area contributed by atoms with Gasteiger partial charge in [0.2, 0.25) is 11.8 Å². The van der Waals surface area contributed by atoms with Crippen LogP contribution >= 0.6 is 0 Å². The van der Waals surface area contributed by atoms with E-state index in [1.54, 1.807) is 17.0 Å². The molecule has 1 aromatic rings. The van der Waals surface area contributed by atoms with Gasteiger partial charge in [0.25, 0.3) is 0 Å². The summed E-state index contributed by atoms with van der Waals surface area (Å²) in [6, 6.07) is 6.17. The number of likely N-dealkylation sites (tertiary alicyclic amines) is 1. The zero-order chi connectivity index (χ0) is 19.1. The summed E-state index contributed by atoms with van der Waals surface area (Å²) in [5, 5.41) is 3.06. The average Bonchev–Trinajstić information content (AvgIpc) is 2.69. The van der Waals surface area contributed by atoms with Crippen LogP contribution in [0.1, 0.15) is 50.5 Å². The Bertz CT molecular complexity index is 693. The maximum absolute atomic E-state index is 13.2. The topological polar surface area (TPSA) is 49.4 Å². The van der Waals surface area contributed by atoms with Crippen LogP contribution in [0.2, 0.25) is 0 Å². The molecule has 2 amide bonds. The maximum atomic E-state index is 13.2. The highest BCUT2D eigenvalue weighted by Gasteiger charge is 2.27. The minimum atomic E-state index is -0.320. The van der Waals surface area contributed by atoms with Crippen LogP contribution in [0.15, 0.2) is 35.9 Å². The number of carbonyl (C=O) groups excluding carboxylic acids is 2. The zero-order valence-corrected chi connectivity index (χ0v) is 15.9. The third-order valence-electron chi connectivity index (χ3n) is 5.59. The van der Waals surface area contributed by atoms with Gasteiger partial charge in [0.15, 0.2) is 0 Å². The number of nitrogens with zero attached hydrogens (tertiary/aromatic N) is 1. The van der Waals surface area contributed by atoms with Gasteiger partial charge in [-0.15, -0.1) is 0 Å². The molecule has 146 valence electrons. The van der Waals surface area contributed by atoms with Crippen LogP contribution in [0.3, 0.4) is 0 Å². The number of benzene rings is 1. The first-order valence-corrected chi connectivity index (χ1v) is 10.1. The lowest BCUT2D eigenvalue weighted by molar-refractivity contribution is -0.135. The van der Waals surface area contributed by atoms with E-state index >= 15 is 0 Å². The van der Waals surface area contributed by atoms with Crippen LogP contribution in [-0.2, 0) is 16.0 Å². The van der Waals surface area contributed by atoms with Gasteiger partial charge in [-0.1, -0.05) is 23.8 Å². The Morgan fingerprint density at radius 3 is 2.70 bits per heavy atom. The fourth-order valence-corrected chi connectivity index (χ4v) is 3.95. The summed E-state index contributed by atoms with van der Waals surface area (Å²) in [5.41, 5.74) is 2.16. The second-order valence-corrected chi connectivity index (χ2v) is 7.61. The van der Waals surface area contributed by atoms with Crippen molar-refractivity contribution in [1.82, 2.24) is 10.2 Å². The number of hydrogen-bond acceptors (Lipinski definition) is 2. The molecule has 2 aliphatic rings. The van der Waals surface area contributed by atoms with Crippen LogP contribution < -0.4 is 5.32 Å². The van der Waals surface area contributed by atoms with Crippen molar-refractivity contribution < 1.29 is 14.0 Å². The highest BCUT2D eigenvalue weighted by Crippen LogP contribution is 2.21. The van der Waals surface area contributed by atoms with E-state index in [2.05, 4.69) is 11.4 Å². The molecule has 0 radical (unpaired) electrons. The van der Waals surface area contributed by atoms with Crippen molar-refractivity contribution in [2.75, 3.05) is 19.6 Å². The average molecular weight is 372 g/mol. The summed E-state index contributed by atoms with van der Waals surface area (Å²) in [7, 11) is 0. The molecule has 0 atom stereocenters. The van der Waals surface area contributed by atoms with Crippen LogP contribution in [0, 0.1) is 11.7 Å². The van der Waals surface area contributed by atoms with E-state index in [0.717, 1.165) is 6.42 Å². The third kappa shape index (κ3) is 5.91. The Morgan fingerprint density at radius 1 is 1.19 bits per heavy atom. The van der Waals surface area contributed by atoms with Crippen molar-refractivity contribution in [1.29, 1.82) is 0 Å². The van der Waals surface area contributed by atoms with Crippen molar-refractivity contribution in [2.24, 2.45) is 5.92 Å². The second kappa shape index (κ2) is 9.67. The minimum Gasteiger partial charge on any atom is -0.356 e. The Balaban J connectivity index is 1.38. The smallest absolute Gasteiger partial charge is 0.226 e. The molecule has 0 spiro atoms.